The van der Waals surface area contributed by atoms with Crippen molar-refractivity contribution >= 4 is 5.69 Å². The van der Waals surface area contributed by atoms with Gasteiger partial charge in [-0.3, -0.25) is 9.88 Å². The molecule has 3 heteroatoms. The molecule has 1 heterocycles. The number of aromatic nitrogens is 1. The molecular formula is C17H21N3. The first-order valence-corrected chi connectivity index (χ1v) is 7.28. The topological polar surface area (TPSA) is 42.1 Å². The summed E-state index contributed by atoms with van der Waals surface area (Å²) in [4.78, 5) is 6.65. The van der Waals surface area contributed by atoms with E-state index in [2.05, 4.69) is 34.1 Å². The molecule has 0 saturated heterocycles. The first-order chi connectivity index (χ1) is 9.81. The standard InChI is InChI=1S/C17H21N3/c18-16-3-1-2-15(12-16)13-20(17-4-5-17)11-8-14-6-9-19-10-7-14/h1-3,6-7,9-10,12,17H,4-5,8,11,13,18H2. The van der Waals surface area contributed by atoms with Crippen LogP contribution < -0.4 is 5.73 Å². The van der Waals surface area contributed by atoms with Gasteiger partial charge in [0.05, 0.1) is 0 Å². The highest BCUT2D eigenvalue weighted by atomic mass is 15.2. The molecule has 0 aliphatic heterocycles. The Morgan fingerprint density at radius 3 is 2.60 bits per heavy atom. The van der Waals surface area contributed by atoms with Crippen molar-refractivity contribution in [3.63, 3.8) is 0 Å². The number of hydrogen-bond acceptors (Lipinski definition) is 3. The Morgan fingerprint density at radius 1 is 1.10 bits per heavy atom. The fraction of sp³-hybridized carbons (Fsp3) is 0.353. The number of nitrogens with zero attached hydrogens (tertiary/aromatic N) is 2. The molecule has 0 radical (unpaired) electrons. The van der Waals surface area contributed by atoms with Crippen molar-refractivity contribution < 1.29 is 0 Å². The molecular weight excluding hydrogens is 246 g/mol. The van der Waals surface area contributed by atoms with Crippen molar-refractivity contribution in [3.05, 3.63) is 59.9 Å². The summed E-state index contributed by atoms with van der Waals surface area (Å²) in [5.41, 5.74) is 9.39. The number of anilines is 1. The third kappa shape index (κ3) is 3.58. The molecule has 104 valence electrons. The molecule has 2 aromatic rings. The average Bonchev–Trinajstić information content (AvgIpc) is 3.29. The average molecular weight is 267 g/mol. The number of benzene rings is 1. The van der Waals surface area contributed by atoms with Crippen LogP contribution in [0, 0.1) is 0 Å². The fourth-order valence-electron chi connectivity index (χ4n) is 2.58. The van der Waals surface area contributed by atoms with Gasteiger partial charge in [-0.1, -0.05) is 12.1 Å². The second-order valence-electron chi connectivity index (χ2n) is 5.55. The quantitative estimate of drug-likeness (QED) is 0.818. The van der Waals surface area contributed by atoms with Crippen molar-refractivity contribution in [2.45, 2.75) is 31.8 Å². The molecule has 1 aliphatic rings. The Kier molecular flexibility index (Phi) is 3.97. The number of hydrogen-bond donors (Lipinski definition) is 1. The van der Waals surface area contributed by atoms with Gasteiger partial charge in [-0.05, 0) is 54.7 Å². The molecule has 20 heavy (non-hydrogen) atoms. The van der Waals surface area contributed by atoms with E-state index < -0.39 is 0 Å². The van der Waals surface area contributed by atoms with Crippen LogP contribution in [-0.2, 0) is 13.0 Å². The van der Waals surface area contributed by atoms with Crippen molar-refractivity contribution in [1.29, 1.82) is 0 Å². The molecule has 1 fully saturated rings. The largest absolute Gasteiger partial charge is 0.399 e. The first-order valence-electron chi connectivity index (χ1n) is 7.28. The molecule has 0 unspecified atom stereocenters. The summed E-state index contributed by atoms with van der Waals surface area (Å²) in [6, 6.07) is 13.2. The molecule has 0 bridgehead atoms. The third-order valence-corrected chi connectivity index (χ3v) is 3.84. The highest BCUT2D eigenvalue weighted by Gasteiger charge is 2.28. The zero-order valence-electron chi connectivity index (χ0n) is 11.7. The summed E-state index contributed by atoms with van der Waals surface area (Å²) in [5, 5.41) is 0. The van der Waals surface area contributed by atoms with Crippen LogP contribution in [0.2, 0.25) is 0 Å². The van der Waals surface area contributed by atoms with Crippen LogP contribution in [0.4, 0.5) is 5.69 Å². The zero-order valence-corrected chi connectivity index (χ0v) is 11.7. The van der Waals surface area contributed by atoms with Gasteiger partial charge in [0.2, 0.25) is 0 Å². The zero-order chi connectivity index (χ0) is 13.8. The smallest absolute Gasteiger partial charge is 0.0317 e. The first kappa shape index (κ1) is 13.1. The lowest BCUT2D eigenvalue weighted by atomic mass is 10.1. The van der Waals surface area contributed by atoms with Crippen LogP contribution in [0.3, 0.4) is 0 Å². The SMILES string of the molecule is Nc1cccc(CN(CCc2ccncc2)C2CC2)c1. The van der Waals surface area contributed by atoms with Gasteiger partial charge < -0.3 is 5.73 Å². The van der Waals surface area contributed by atoms with Gasteiger partial charge in [-0.15, -0.1) is 0 Å². The minimum Gasteiger partial charge on any atom is -0.399 e. The van der Waals surface area contributed by atoms with Crippen molar-refractivity contribution in [2.24, 2.45) is 0 Å². The number of rotatable bonds is 6. The van der Waals surface area contributed by atoms with E-state index in [1.807, 2.05) is 24.5 Å². The van der Waals surface area contributed by atoms with Gasteiger partial charge in [0.1, 0.15) is 0 Å². The summed E-state index contributed by atoms with van der Waals surface area (Å²) in [6.45, 7) is 2.10. The van der Waals surface area contributed by atoms with Gasteiger partial charge in [0, 0.05) is 37.2 Å². The predicted molar refractivity (Wildman–Crippen MR) is 82.2 cm³/mol. The highest BCUT2D eigenvalue weighted by molar-refractivity contribution is 5.40. The van der Waals surface area contributed by atoms with Crippen molar-refractivity contribution in [2.75, 3.05) is 12.3 Å². The van der Waals surface area contributed by atoms with Gasteiger partial charge in [-0.2, -0.15) is 0 Å². The molecule has 1 aromatic heterocycles. The molecule has 1 aromatic carbocycles. The van der Waals surface area contributed by atoms with Gasteiger partial charge in [-0.25, -0.2) is 0 Å². The Hall–Kier alpha value is -1.87. The maximum atomic E-state index is 5.87. The van der Waals surface area contributed by atoms with Crippen LogP contribution in [0.5, 0.6) is 0 Å². The Balaban J connectivity index is 1.61. The summed E-state index contributed by atoms with van der Waals surface area (Å²) < 4.78 is 0. The van der Waals surface area contributed by atoms with E-state index in [0.717, 1.165) is 31.2 Å². The Labute approximate surface area is 120 Å². The highest BCUT2D eigenvalue weighted by Crippen LogP contribution is 2.28. The summed E-state index contributed by atoms with van der Waals surface area (Å²) in [6.07, 6.45) is 7.49. The van der Waals surface area contributed by atoms with E-state index in [9.17, 15) is 0 Å². The number of nitrogens with two attached hydrogens (primary N) is 1. The molecule has 3 rings (SSSR count). The lowest BCUT2D eigenvalue weighted by Crippen LogP contribution is -2.28. The molecule has 0 spiro atoms. The fourth-order valence-corrected chi connectivity index (χ4v) is 2.58. The maximum absolute atomic E-state index is 5.87. The Bertz CT molecular complexity index is 549. The van der Waals surface area contributed by atoms with Crippen LogP contribution >= 0.6 is 0 Å². The summed E-state index contributed by atoms with van der Waals surface area (Å²) >= 11 is 0. The van der Waals surface area contributed by atoms with Crippen LogP contribution in [0.1, 0.15) is 24.0 Å². The molecule has 3 nitrogen and oxygen atoms in total. The lowest BCUT2D eigenvalue weighted by molar-refractivity contribution is 0.258. The summed E-state index contributed by atoms with van der Waals surface area (Å²) in [7, 11) is 0. The van der Waals surface area contributed by atoms with Crippen molar-refractivity contribution in [1.82, 2.24) is 9.88 Å². The number of pyridine rings is 1. The minimum absolute atomic E-state index is 0.762. The van der Waals surface area contributed by atoms with E-state index in [4.69, 9.17) is 5.73 Å². The van der Waals surface area contributed by atoms with Gasteiger partial charge in [0.15, 0.2) is 0 Å². The van der Waals surface area contributed by atoms with E-state index >= 15 is 0 Å². The molecule has 0 atom stereocenters. The molecule has 2 N–H and O–H groups in total. The van der Waals surface area contributed by atoms with Crippen LogP contribution in [0.15, 0.2) is 48.8 Å². The second-order valence-corrected chi connectivity index (χ2v) is 5.55. The summed E-state index contributed by atoms with van der Waals surface area (Å²) in [5.74, 6) is 0. The lowest BCUT2D eigenvalue weighted by Gasteiger charge is -2.22. The Morgan fingerprint density at radius 2 is 1.90 bits per heavy atom. The monoisotopic (exact) mass is 267 g/mol. The van der Waals surface area contributed by atoms with Gasteiger partial charge in [0.25, 0.3) is 0 Å². The second kappa shape index (κ2) is 6.06. The predicted octanol–water partition coefficient (Wildman–Crippen LogP) is 2.87. The van der Waals surface area contributed by atoms with E-state index in [-0.39, 0.29) is 0 Å². The van der Waals surface area contributed by atoms with Crippen LogP contribution in [0.25, 0.3) is 0 Å². The number of nitrogen functional groups attached to an aromatic ring is 1. The third-order valence-electron chi connectivity index (χ3n) is 3.84. The molecule has 0 amide bonds. The van der Waals surface area contributed by atoms with Crippen LogP contribution in [-0.4, -0.2) is 22.5 Å². The van der Waals surface area contributed by atoms with Gasteiger partial charge >= 0.3 is 0 Å². The van der Waals surface area contributed by atoms with E-state index in [1.54, 1.807) is 0 Å². The maximum Gasteiger partial charge on any atom is 0.0317 e. The normalized spacial score (nSPS) is 14.7. The molecule has 1 saturated carbocycles. The minimum atomic E-state index is 0.762. The van der Waals surface area contributed by atoms with E-state index in [0.29, 0.717) is 0 Å². The van der Waals surface area contributed by atoms with E-state index in [1.165, 1.54) is 24.0 Å². The molecule has 1 aliphatic carbocycles. The van der Waals surface area contributed by atoms with Crippen molar-refractivity contribution in [3.8, 4) is 0 Å².